The second-order valence-electron chi connectivity index (χ2n) is 7.33. The number of hydrogen-bond donors (Lipinski definition) is 0. The Bertz CT molecular complexity index is 1080. The van der Waals surface area contributed by atoms with Crippen LogP contribution in [0, 0.1) is 17.1 Å². The number of methoxy groups -OCH3 is 1. The summed E-state index contributed by atoms with van der Waals surface area (Å²) < 4.78 is 32.2. The van der Waals surface area contributed by atoms with Crippen LogP contribution in [0.25, 0.3) is 0 Å². The van der Waals surface area contributed by atoms with E-state index in [1.54, 1.807) is 10.6 Å². The number of nitriles is 1. The number of fused-ring (bicyclic) bond motifs is 3. The topological polar surface area (TPSA) is 89.6 Å². The molecule has 3 aliphatic heterocycles. The fourth-order valence-corrected chi connectivity index (χ4v) is 4.41. The number of halogens is 1. The van der Waals surface area contributed by atoms with Crippen LogP contribution < -0.4 is 20.1 Å². The quantitative estimate of drug-likeness (QED) is 0.783. The van der Waals surface area contributed by atoms with Gasteiger partial charge in [0, 0.05) is 13.0 Å². The molecule has 0 aliphatic carbocycles. The van der Waals surface area contributed by atoms with Gasteiger partial charge in [-0.2, -0.15) is 10.2 Å². The van der Waals surface area contributed by atoms with Crippen molar-refractivity contribution in [2.75, 3.05) is 25.2 Å². The maximum Gasteiger partial charge on any atom is 0.352 e. The lowest BCUT2D eigenvalue weighted by Crippen LogP contribution is -2.46. The molecule has 0 amide bonds. The lowest BCUT2D eigenvalue weighted by atomic mass is 10.0. The van der Waals surface area contributed by atoms with Gasteiger partial charge in [-0.3, -0.25) is 4.57 Å². The molecular formula is C19H17FN4O4. The number of ether oxygens (including phenoxy) is 3. The van der Waals surface area contributed by atoms with Crippen molar-refractivity contribution < 1.29 is 18.6 Å². The van der Waals surface area contributed by atoms with Gasteiger partial charge in [0.15, 0.2) is 5.82 Å². The van der Waals surface area contributed by atoms with Crippen molar-refractivity contribution in [3.05, 3.63) is 45.6 Å². The van der Waals surface area contributed by atoms with Crippen molar-refractivity contribution in [1.29, 1.82) is 5.26 Å². The van der Waals surface area contributed by atoms with E-state index in [0.717, 1.165) is 6.42 Å². The third kappa shape index (κ3) is 2.31. The maximum atomic E-state index is 13.5. The van der Waals surface area contributed by atoms with Gasteiger partial charge in [0.25, 0.3) is 5.88 Å². The van der Waals surface area contributed by atoms with Crippen LogP contribution in [-0.4, -0.2) is 41.5 Å². The second kappa shape index (κ2) is 5.94. The zero-order valence-electron chi connectivity index (χ0n) is 15.1. The van der Waals surface area contributed by atoms with Crippen LogP contribution in [-0.2, 0) is 17.9 Å². The molecule has 3 aliphatic rings. The van der Waals surface area contributed by atoms with E-state index in [1.165, 1.54) is 25.3 Å². The van der Waals surface area contributed by atoms with E-state index >= 15 is 0 Å². The summed E-state index contributed by atoms with van der Waals surface area (Å²) in [6.45, 7) is 1.82. The SMILES string of the molecule is COc1c(OCc2ccc(F)c(C#N)c2)nc(=O)n2c1N1C[C@@H]3C[C@]1(CO3)C2. The molecule has 2 fully saturated rings. The monoisotopic (exact) mass is 384 g/mol. The van der Waals surface area contributed by atoms with Gasteiger partial charge < -0.3 is 19.1 Å². The summed E-state index contributed by atoms with van der Waals surface area (Å²) >= 11 is 0. The number of benzene rings is 1. The van der Waals surface area contributed by atoms with Crippen LogP contribution in [0.4, 0.5) is 10.2 Å². The summed E-state index contributed by atoms with van der Waals surface area (Å²) in [5.41, 5.74) is -0.101. The fraction of sp³-hybridized carbons (Fsp3) is 0.421. The lowest BCUT2D eigenvalue weighted by molar-refractivity contribution is 0.0855. The molecule has 5 rings (SSSR count). The number of morpholine rings is 1. The highest BCUT2D eigenvalue weighted by molar-refractivity contribution is 5.64. The van der Waals surface area contributed by atoms with Gasteiger partial charge in [0.1, 0.15) is 18.5 Å². The first kappa shape index (κ1) is 17.0. The minimum atomic E-state index is -0.589. The molecule has 2 bridgehead atoms. The van der Waals surface area contributed by atoms with Gasteiger partial charge in [-0.25, -0.2) is 9.18 Å². The van der Waals surface area contributed by atoms with E-state index in [2.05, 4.69) is 9.88 Å². The average Bonchev–Trinajstić information content (AvgIpc) is 3.36. The smallest absolute Gasteiger partial charge is 0.352 e. The molecule has 144 valence electrons. The first-order valence-electron chi connectivity index (χ1n) is 8.94. The summed E-state index contributed by atoms with van der Waals surface area (Å²) in [6.07, 6.45) is 1.04. The highest BCUT2D eigenvalue weighted by atomic mass is 19.1. The Hall–Kier alpha value is -3.12. The average molecular weight is 384 g/mol. The minimum absolute atomic E-state index is 0.0259. The van der Waals surface area contributed by atoms with E-state index in [9.17, 15) is 9.18 Å². The van der Waals surface area contributed by atoms with Crippen LogP contribution >= 0.6 is 0 Å². The predicted octanol–water partition coefficient (Wildman–Crippen LogP) is 1.20. The molecule has 0 unspecified atom stereocenters. The fourth-order valence-electron chi connectivity index (χ4n) is 4.41. The highest BCUT2D eigenvalue weighted by Crippen LogP contribution is 2.50. The Labute approximate surface area is 159 Å². The number of nitrogens with zero attached hydrogens (tertiary/aromatic N) is 4. The molecule has 4 heterocycles. The Morgan fingerprint density at radius 2 is 2.36 bits per heavy atom. The van der Waals surface area contributed by atoms with Gasteiger partial charge in [0.2, 0.25) is 5.75 Å². The first-order valence-corrected chi connectivity index (χ1v) is 8.94. The molecule has 0 radical (unpaired) electrons. The highest BCUT2D eigenvalue weighted by Gasteiger charge is 2.58. The van der Waals surface area contributed by atoms with Gasteiger partial charge in [-0.05, 0) is 17.7 Å². The number of hydrogen-bond acceptors (Lipinski definition) is 7. The van der Waals surface area contributed by atoms with Gasteiger partial charge in [0.05, 0.1) is 37.5 Å². The molecule has 28 heavy (non-hydrogen) atoms. The van der Waals surface area contributed by atoms with Crippen LogP contribution in [0.2, 0.25) is 0 Å². The molecule has 1 aromatic carbocycles. The second-order valence-corrected chi connectivity index (χ2v) is 7.33. The Balaban J connectivity index is 1.49. The largest absolute Gasteiger partial charge is 0.489 e. The third-order valence-electron chi connectivity index (χ3n) is 5.67. The molecule has 2 saturated heterocycles. The maximum absolute atomic E-state index is 13.5. The summed E-state index contributed by atoms with van der Waals surface area (Å²) in [6, 6.07) is 5.94. The molecule has 1 aromatic heterocycles. The van der Waals surface area contributed by atoms with Crippen molar-refractivity contribution >= 4 is 5.82 Å². The van der Waals surface area contributed by atoms with Crippen molar-refractivity contribution in [3.63, 3.8) is 0 Å². The van der Waals surface area contributed by atoms with Crippen molar-refractivity contribution in [1.82, 2.24) is 9.55 Å². The summed E-state index contributed by atoms with van der Waals surface area (Å²) in [7, 11) is 1.51. The third-order valence-corrected chi connectivity index (χ3v) is 5.67. The Morgan fingerprint density at radius 1 is 1.50 bits per heavy atom. The Kier molecular flexibility index (Phi) is 3.61. The van der Waals surface area contributed by atoms with Crippen molar-refractivity contribution in [3.8, 4) is 17.7 Å². The number of rotatable bonds is 4. The summed E-state index contributed by atoms with van der Waals surface area (Å²) in [5, 5.41) is 8.97. The van der Waals surface area contributed by atoms with Crippen LogP contribution in [0.15, 0.2) is 23.0 Å². The van der Waals surface area contributed by atoms with E-state index in [-0.39, 0.29) is 29.7 Å². The van der Waals surface area contributed by atoms with Crippen molar-refractivity contribution in [2.45, 2.75) is 31.2 Å². The normalized spacial score (nSPS) is 24.0. The van der Waals surface area contributed by atoms with E-state index in [0.29, 0.717) is 36.8 Å². The lowest BCUT2D eigenvalue weighted by Gasteiger charge is -2.32. The number of anilines is 1. The molecule has 8 nitrogen and oxygen atoms in total. The van der Waals surface area contributed by atoms with E-state index < -0.39 is 11.5 Å². The van der Waals surface area contributed by atoms with Crippen molar-refractivity contribution in [2.24, 2.45) is 0 Å². The first-order chi connectivity index (χ1) is 13.5. The van der Waals surface area contributed by atoms with Gasteiger partial charge >= 0.3 is 5.69 Å². The van der Waals surface area contributed by atoms with Crippen LogP contribution in [0.3, 0.4) is 0 Å². The molecule has 2 aromatic rings. The summed E-state index contributed by atoms with van der Waals surface area (Å²) in [4.78, 5) is 18.8. The Morgan fingerprint density at radius 3 is 3.11 bits per heavy atom. The van der Waals surface area contributed by atoms with E-state index in [4.69, 9.17) is 19.5 Å². The predicted molar refractivity (Wildman–Crippen MR) is 94.9 cm³/mol. The number of aromatic nitrogens is 2. The van der Waals surface area contributed by atoms with Crippen LogP contribution in [0.1, 0.15) is 17.5 Å². The standard InChI is InChI=1S/C19H17FN4O4/c1-26-15-16(27-8-11-2-3-14(20)12(4-11)6-21)22-18(25)23-9-19-5-13(28-10-19)7-24(19)17(15)23/h2-4,13H,5,7-10H2,1H3/t13-,19+/m0/s1. The molecule has 1 spiro atoms. The molecule has 2 atom stereocenters. The molecule has 9 heteroatoms. The van der Waals surface area contributed by atoms with Gasteiger partial charge in [-0.1, -0.05) is 6.07 Å². The molecule has 0 saturated carbocycles. The minimum Gasteiger partial charge on any atom is -0.489 e. The zero-order chi connectivity index (χ0) is 19.5. The molecule has 0 N–H and O–H groups in total. The summed E-state index contributed by atoms with van der Waals surface area (Å²) in [5.74, 6) is 0.559. The zero-order valence-corrected chi connectivity index (χ0v) is 15.1. The molecular weight excluding hydrogens is 367 g/mol. The van der Waals surface area contributed by atoms with Gasteiger partial charge in [-0.15, -0.1) is 0 Å². The van der Waals surface area contributed by atoms with E-state index in [1.807, 2.05) is 0 Å². The van der Waals surface area contributed by atoms with Crippen LogP contribution in [0.5, 0.6) is 11.6 Å².